The Balaban J connectivity index is 1.78. The first-order chi connectivity index (χ1) is 9.78. The SMILES string of the molecule is CCC(C)c1ccc(-c2cnc(C3CCNC3)[nH]2)cc1. The Morgan fingerprint density at radius 1 is 1.30 bits per heavy atom. The number of benzene rings is 1. The standard InChI is InChI=1S/C17H23N3/c1-3-12(2)13-4-6-14(7-5-13)16-11-19-17(20-16)15-8-9-18-10-15/h4-7,11-12,15,18H,3,8-10H2,1-2H3,(H,19,20). The monoisotopic (exact) mass is 269 g/mol. The molecule has 2 N–H and O–H groups in total. The third-order valence-electron chi connectivity index (χ3n) is 4.45. The molecule has 3 heteroatoms. The third-order valence-corrected chi connectivity index (χ3v) is 4.45. The maximum Gasteiger partial charge on any atom is 0.110 e. The highest BCUT2D eigenvalue weighted by molar-refractivity contribution is 5.59. The van der Waals surface area contributed by atoms with Crippen molar-refractivity contribution in [2.24, 2.45) is 0 Å². The molecular weight excluding hydrogens is 246 g/mol. The summed E-state index contributed by atoms with van der Waals surface area (Å²) in [4.78, 5) is 8.04. The molecule has 2 atom stereocenters. The number of hydrogen-bond donors (Lipinski definition) is 2. The molecule has 3 nitrogen and oxygen atoms in total. The fourth-order valence-electron chi connectivity index (χ4n) is 2.81. The first kappa shape index (κ1) is 13.4. The van der Waals surface area contributed by atoms with E-state index in [0.717, 1.165) is 24.6 Å². The van der Waals surface area contributed by atoms with E-state index < -0.39 is 0 Å². The van der Waals surface area contributed by atoms with Crippen LogP contribution < -0.4 is 5.32 Å². The molecule has 0 spiro atoms. The molecule has 2 heterocycles. The molecule has 1 aromatic heterocycles. The van der Waals surface area contributed by atoms with Crippen LogP contribution in [0.2, 0.25) is 0 Å². The molecule has 2 aromatic rings. The van der Waals surface area contributed by atoms with Crippen LogP contribution in [0.15, 0.2) is 30.5 Å². The van der Waals surface area contributed by atoms with Crippen molar-refractivity contribution in [2.45, 2.75) is 38.5 Å². The van der Waals surface area contributed by atoms with Crippen LogP contribution in [0.3, 0.4) is 0 Å². The second kappa shape index (κ2) is 5.80. The zero-order chi connectivity index (χ0) is 13.9. The molecule has 2 unspecified atom stereocenters. The predicted octanol–water partition coefficient (Wildman–Crippen LogP) is 3.67. The highest BCUT2D eigenvalue weighted by atomic mass is 15.0. The molecule has 0 radical (unpaired) electrons. The number of nitrogens with zero attached hydrogens (tertiary/aromatic N) is 1. The molecule has 1 fully saturated rings. The van der Waals surface area contributed by atoms with Crippen molar-refractivity contribution >= 4 is 0 Å². The van der Waals surface area contributed by atoms with Gasteiger partial charge in [0.05, 0.1) is 11.9 Å². The highest BCUT2D eigenvalue weighted by Crippen LogP contribution is 2.25. The van der Waals surface area contributed by atoms with E-state index in [1.807, 2.05) is 6.20 Å². The van der Waals surface area contributed by atoms with E-state index in [2.05, 4.69) is 53.4 Å². The molecule has 0 amide bonds. The van der Waals surface area contributed by atoms with Gasteiger partial charge in [0.1, 0.15) is 5.82 Å². The molecule has 20 heavy (non-hydrogen) atoms. The van der Waals surface area contributed by atoms with Crippen molar-refractivity contribution in [3.63, 3.8) is 0 Å². The van der Waals surface area contributed by atoms with Gasteiger partial charge in [0.2, 0.25) is 0 Å². The van der Waals surface area contributed by atoms with Gasteiger partial charge in [0.15, 0.2) is 0 Å². The minimum atomic E-state index is 0.545. The molecule has 1 aromatic carbocycles. The van der Waals surface area contributed by atoms with E-state index >= 15 is 0 Å². The lowest BCUT2D eigenvalue weighted by atomic mass is 9.97. The van der Waals surface area contributed by atoms with E-state index in [9.17, 15) is 0 Å². The van der Waals surface area contributed by atoms with E-state index in [4.69, 9.17) is 0 Å². The van der Waals surface area contributed by atoms with Gasteiger partial charge in [-0.25, -0.2) is 4.98 Å². The van der Waals surface area contributed by atoms with Gasteiger partial charge in [-0.1, -0.05) is 38.1 Å². The number of nitrogens with one attached hydrogen (secondary N) is 2. The number of aromatic nitrogens is 2. The van der Waals surface area contributed by atoms with Gasteiger partial charge >= 0.3 is 0 Å². The van der Waals surface area contributed by atoms with Crippen molar-refractivity contribution in [3.05, 3.63) is 41.9 Å². The first-order valence-corrected chi connectivity index (χ1v) is 7.64. The molecule has 1 aliphatic heterocycles. The van der Waals surface area contributed by atoms with Gasteiger partial charge in [-0.3, -0.25) is 0 Å². The van der Waals surface area contributed by atoms with E-state index in [1.165, 1.54) is 24.0 Å². The minimum Gasteiger partial charge on any atom is -0.342 e. The molecule has 1 saturated heterocycles. The van der Waals surface area contributed by atoms with Crippen molar-refractivity contribution in [3.8, 4) is 11.3 Å². The number of H-pyrrole nitrogens is 1. The molecule has 3 rings (SSSR count). The van der Waals surface area contributed by atoms with Gasteiger partial charge < -0.3 is 10.3 Å². The lowest BCUT2D eigenvalue weighted by molar-refractivity contribution is 0.714. The topological polar surface area (TPSA) is 40.7 Å². The average Bonchev–Trinajstić information content (AvgIpc) is 3.17. The molecular formula is C17H23N3. The first-order valence-electron chi connectivity index (χ1n) is 7.64. The fraction of sp³-hybridized carbons (Fsp3) is 0.471. The Kier molecular flexibility index (Phi) is 3.88. The third kappa shape index (κ3) is 2.63. The van der Waals surface area contributed by atoms with Crippen LogP contribution in [0, 0.1) is 0 Å². The van der Waals surface area contributed by atoms with Crippen molar-refractivity contribution in [1.82, 2.24) is 15.3 Å². The smallest absolute Gasteiger partial charge is 0.110 e. The summed E-state index contributed by atoms with van der Waals surface area (Å²) in [5, 5.41) is 3.39. The van der Waals surface area contributed by atoms with Gasteiger partial charge in [0, 0.05) is 12.5 Å². The summed E-state index contributed by atoms with van der Waals surface area (Å²) in [6.07, 6.45) is 4.33. The summed E-state index contributed by atoms with van der Waals surface area (Å²) < 4.78 is 0. The molecule has 0 bridgehead atoms. The lowest BCUT2D eigenvalue weighted by Crippen LogP contribution is -2.08. The van der Waals surface area contributed by atoms with Crippen LogP contribution in [0.5, 0.6) is 0 Å². The van der Waals surface area contributed by atoms with E-state index in [-0.39, 0.29) is 0 Å². The largest absolute Gasteiger partial charge is 0.342 e. The Bertz CT molecular complexity index is 550. The summed E-state index contributed by atoms with van der Waals surface area (Å²) in [6.45, 7) is 6.65. The number of aromatic amines is 1. The van der Waals surface area contributed by atoms with Crippen molar-refractivity contribution < 1.29 is 0 Å². The number of imidazole rings is 1. The summed E-state index contributed by atoms with van der Waals surface area (Å²) in [7, 11) is 0. The van der Waals surface area contributed by atoms with Crippen LogP contribution in [0.1, 0.15) is 49.9 Å². The molecule has 0 aliphatic carbocycles. The van der Waals surface area contributed by atoms with Crippen molar-refractivity contribution in [2.75, 3.05) is 13.1 Å². The van der Waals surface area contributed by atoms with Gasteiger partial charge in [0.25, 0.3) is 0 Å². The summed E-state index contributed by atoms with van der Waals surface area (Å²) in [6, 6.07) is 8.87. The zero-order valence-electron chi connectivity index (χ0n) is 12.3. The zero-order valence-corrected chi connectivity index (χ0v) is 12.3. The predicted molar refractivity (Wildman–Crippen MR) is 83.0 cm³/mol. The van der Waals surface area contributed by atoms with Gasteiger partial charge in [-0.2, -0.15) is 0 Å². The summed E-state index contributed by atoms with van der Waals surface area (Å²) in [5.41, 5.74) is 3.76. The van der Waals surface area contributed by atoms with Crippen LogP contribution in [0.25, 0.3) is 11.3 Å². The molecule has 106 valence electrons. The van der Waals surface area contributed by atoms with Crippen LogP contribution in [0.4, 0.5) is 0 Å². The van der Waals surface area contributed by atoms with E-state index in [1.54, 1.807) is 0 Å². The maximum atomic E-state index is 4.55. The number of rotatable bonds is 4. The lowest BCUT2D eigenvalue weighted by Gasteiger charge is -2.09. The highest BCUT2D eigenvalue weighted by Gasteiger charge is 2.19. The van der Waals surface area contributed by atoms with E-state index in [0.29, 0.717) is 11.8 Å². The minimum absolute atomic E-state index is 0.545. The summed E-state index contributed by atoms with van der Waals surface area (Å²) >= 11 is 0. The number of hydrogen-bond acceptors (Lipinski definition) is 2. The van der Waals surface area contributed by atoms with Crippen LogP contribution >= 0.6 is 0 Å². The Morgan fingerprint density at radius 3 is 2.75 bits per heavy atom. The molecule has 1 aliphatic rings. The van der Waals surface area contributed by atoms with Crippen LogP contribution in [-0.2, 0) is 0 Å². The quantitative estimate of drug-likeness (QED) is 0.889. The van der Waals surface area contributed by atoms with Crippen LogP contribution in [-0.4, -0.2) is 23.1 Å². The second-order valence-corrected chi connectivity index (χ2v) is 5.80. The Morgan fingerprint density at radius 2 is 2.10 bits per heavy atom. The normalized spacial score (nSPS) is 20.2. The maximum absolute atomic E-state index is 4.55. The fourth-order valence-corrected chi connectivity index (χ4v) is 2.81. The summed E-state index contributed by atoms with van der Waals surface area (Å²) in [5.74, 6) is 2.30. The Hall–Kier alpha value is -1.61. The van der Waals surface area contributed by atoms with Gasteiger partial charge in [-0.15, -0.1) is 0 Å². The average molecular weight is 269 g/mol. The van der Waals surface area contributed by atoms with Gasteiger partial charge in [-0.05, 0) is 36.4 Å². The molecule has 0 saturated carbocycles. The van der Waals surface area contributed by atoms with Crippen molar-refractivity contribution in [1.29, 1.82) is 0 Å². The Labute approximate surface area is 120 Å². The second-order valence-electron chi connectivity index (χ2n) is 5.80.